The Morgan fingerprint density at radius 2 is 1.00 bits per heavy atom. The Bertz CT molecular complexity index is 429. The van der Waals surface area contributed by atoms with Gasteiger partial charge in [0.1, 0.15) is 0 Å². The van der Waals surface area contributed by atoms with Gasteiger partial charge in [0, 0.05) is 0 Å². The smallest absolute Gasteiger partial charge is 0.748 e. The summed E-state index contributed by atoms with van der Waals surface area (Å²) in [4.78, 5) is 0. The van der Waals surface area contributed by atoms with Crippen LogP contribution in [0, 0.1) is 0 Å². The topological polar surface area (TPSA) is 77.4 Å². The molecule has 2 atom stereocenters. The molecule has 170 valence electrons. The van der Waals surface area contributed by atoms with Crippen LogP contribution in [0.2, 0.25) is 0 Å². The minimum atomic E-state index is -4.32. The zero-order valence-corrected chi connectivity index (χ0v) is 23.6. The largest absolute Gasteiger partial charge is 1.00 e. The minimum absolute atomic E-state index is 0. The summed E-state index contributed by atoms with van der Waals surface area (Å²) in [5.41, 5.74) is 0. The summed E-state index contributed by atoms with van der Waals surface area (Å²) in [6.07, 6.45) is 19.3. The van der Waals surface area contributed by atoms with Crippen LogP contribution >= 0.6 is 0 Å². The number of hydrogen-bond donors (Lipinski definition) is 1. The van der Waals surface area contributed by atoms with Gasteiger partial charge < -0.3 is 9.66 Å². The zero-order valence-electron chi connectivity index (χ0n) is 19.7. The maximum absolute atomic E-state index is 11.5. The number of aliphatic hydroxyl groups is 1. The second-order valence-corrected chi connectivity index (χ2v) is 10.2. The van der Waals surface area contributed by atoms with Crippen LogP contribution in [0.25, 0.3) is 0 Å². The van der Waals surface area contributed by atoms with Gasteiger partial charge >= 0.3 is 51.4 Å². The third-order valence-electron chi connectivity index (χ3n) is 5.71. The first-order valence-electron chi connectivity index (χ1n) is 12.0. The van der Waals surface area contributed by atoms with E-state index in [0.29, 0.717) is 12.8 Å². The summed E-state index contributed by atoms with van der Waals surface area (Å²) in [6.45, 7) is 4.38. The van der Waals surface area contributed by atoms with Crippen LogP contribution in [0.5, 0.6) is 0 Å². The molecule has 0 aliphatic carbocycles. The van der Waals surface area contributed by atoms with Crippen molar-refractivity contribution in [3.8, 4) is 0 Å². The van der Waals surface area contributed by atoms with E-state index < -0.39 is 21.5 Å². The van der Waals surface area contributed by atoms with Crippen molar-refractivity contribution in [3.05, 3.63) is 0 Å². The molecule has 0 spiro atoms. The van der Waals surface area contributed by atoms with Gasteiger partial charge in [-0.05, 0) is 19.3 Å². The second kappa shape index (κ2) is 22.7. The molecule has 0 saturated carbocycles. The van der Waals surface area contributed by atoms with Crippen LogP contribution in [0.3, 0.4) is 0 Å². The summed E-state index contributed by atoms with van der Waals surface area (Å²) in [5, 5.41) is 9.24. The van der Waals surface area contributed by atoms with Gasteiger partial charge in [-0.2, -0.15) is 0 Å². The predicted molar refractivity (Wildman–Crippen MR) is 119 cm³/mol. The van der Waals surface area contributed by atoms with Crippen molar-refractivity contribution < 1.29 is 69.5 Å². The third kappa shape index (κ3) is 22.5. The number of hydrogen-bond acceptors (Lipinski definition) is 4. The average Bonchev–Trinajstić information content (AvgIpc) is 2.64. The first-order valence-corrected chi connectivity index (χ1v) is 13.5. The Morgan fingerprint density at radius 1 is 0.655 bits per heavy atom. The van der Waals surface area contributed by atoms with Crippen LogP contribution in [0.1, 0.15) is 136 Å². The maximum Gasteiger partial charge on any atom is 1.00 e. The van der Waals surface area contributed by atoms with E-state index in [-0.39, 0.29) is 57.8 Å². The van der Waals surface area contributed by atoms with Crippen LogP contribution in [-0.4, -0.2) is 29.4 Å². The molecule has 0 rings (SSSR count). The fraction of sp³-hybridized carbons (Fsp3) is 1.00. The molecule has 4 nitrogen and oxygen atoms in total. The maximum atomic E-state index is 11.5. The SMILES string of the molecule is CCCCCCCCCCCCCC(O)CC(CCCCCCC)S(=O)(=O)[O-].[K+]. The molecular formula is C23H47KO4S. The van der Waals surface area contributed by atoms with Gasteiger partial charge in [0.05, 0.1) is 21.5 Å². The van der Waals surface area contributed by atoms with E-state index in [1.165, 1.54) is 57.8 Å². The number of rotatable bonds is 21. The second-order valence-electron chi connectivity index (χ2n) is 8.53. The van der Waals surface area contributed by atoms with Gasteiger partial charge in [-0.3, -0.25) is 0 Å². The van der Waals surface area contributed by atoms with E-state index >= 15 is 0 Å². The van der Waals surface area contributed by atoms with E-state index in [1.807, 2.05) is 0 Å². The van der Waals surface area contributed by atoms with Gasteiger partial charge in [0.25, 0.3) is 0 Å². The van der Waals surface area contributed by atoms with E-state index in [9.17, 15) is 18.1 Å². The summed E-state index contributed by atoms with van der Waals surface area (Å²) < 4.78 is 34.4. The number of unbranched alkanes of at least 4 members (excludes halogenated alkanes) is 14. The molecular weight excluding hydrogens is 411 g/mol. The van der Waals surface area contributed by atoms with Crippen molar-refractivity contribution in [1.29, 1.82) is 0 Å². The van der Waals surface area contributed by atoms with Crippen molar-refractivity contribution in [2.45, 2.75) is 147 Å². The summed E-state index contributed by atoms with van der Waals surface area (Å²) in [7, 11) is -4.32. The Balaban J connectivity index is 0. The Hall–Kier alpha value is 1.51. The standard InChI is InChI=1S/C23H48O4S.K/c1-3-5-7-9-10-11-12-13-14-16-17-19-22(24)21-23(28(25,26)27)20-18-15-8-6-4-2;/h22-24H,3-21H2,1-2H3,(H,25,26,27);/q;+1/p-1. The molecule has 0 radical (unpaired) electrons. The van der Waals surface area contributed by atoms with Crippen molar-refractivity contribution >= 4 is 10.1 Å². The fourth-order valence-electron chi connectivity index (χ4n) is 3.82. The van der Waals surface area contributed by atoms with E-state index in [4.69, 9.17) is 0 Å². The Morgan fingerprint density at radius 3 is 1.38 bits per heavy atom. The molecule has 0 amide bonds. The predicted octanol–water partition coefficient (Wildman–Crippen LogP) is 3.72. The molecule has 0 aromatic heterocycles. The first kappa shape index (κ1) is 32.7. The molecule has 0 heterocycles. The summed E-state index contributed by atoms with van der Waals surface area (Å²) in [5.74, 6) is 0. The number of aliphatic hydroxyl groups excluding tert-OH is 1. The zero-order chi connectivity index (χ0) is 21.1. The summed E-state index contributed by atoms with van der Waals surface area (Å²) >= 11 is 0. The van der Waals surface area contributed by atoms with Crippen LogP contribution in [0.4, 0.5) is 0 Å². The van der Waals surface area contributed by atoms with Crippen molar-refractivity contribution in [3.63, 3.8) is 0 Å². The quantitative estimate of drug-likeness (QED) is 0.162. The minimum Gasteiger partial charge on any atom is -0.748 e. The normalized spacial score (nSPS) is 13.8. The molecule has 6 heteroatoms. The fourth-order valence-corrected chi connectivity index (χ4v) is 4.73. The molecule has 29 heavy (non-hydrogen) atoms. The van der Waals surface area contributed by atoms with Crippen molar-refractivity contribution in [2.24, 2.45) is 0 Å². The van der Waals surface area contributed by atoms with Gasteiger partial charge in [-0.15, -0.1) is 0 Å². The Labute approximate surface area is 224 Å². The molecule has 0 aliphatic heterocycles. The van der Waals surface area contributed by atoms with Crippen LogP contribution in [-0.2, 0) is 10.1 Å². The molecule has 0 aromatic rings. The average molecular weight is 459 g/mol. The van der Waals surface area contributed by atoms with Crippen molar-refractivity contribution in [2.75, 3.05) is 0 Å². The molecule has 0 aromatic carbocycles. The van der Waals surface area contributed by atoms with E-state index in [2.05, 4.69) is 13.8 Å². The molecule has 0 fully saturated rings. The molecule has 2 unspecified atom stereocenters. The Kier molecular flexibility index (Phi) is 25.6. The van der Waals surface area contributed by atoms with Crippen molar-refractivity contribution in [1.82, 2.24) is 0 Å². The van der Waals surface area contributed by atoms with Gasteiger partial charge in [0.15, 0.2) is 0 Å². The first-order chi connectivity index (χ1) is 13.4. The molecule has 1 N–H and O–H groups in total. The van der Waals surface area contributed by atoms with Gasteiger partial charge in [-0.25, -0.2) is 8.42 Å². The van der Waals surface area contributed by atoms with Gasteiger partial charge in [-0.1, -0.05) is 117 Å². The van der Waals surface area contributed by atoms with E-state index in [1.54, 1.807) is 0 Å². The van der Waals surface area contributed by atoms with Crippen LogP contribution < -0.4 is 51.4 Å². The van der Waals surface area contributed by atoms with E-state index in [0.717, 1.165) is 44.9 Å². The monoisotopic (exact) mass is 458 g/mol. The van der Waals surface area contributed by atoms with Gasteiger partial charge in [0.2, 0.25) is 0 Å². The third-order valence-corrected chi connectivity index (χ3v) is 6.96. The molecule has 0 bridgehead atoms. The van der Waals surface area contributed by atoms with Crippen LogP contribution in [0.15, 0.2) is 0 Å². The molecule has 0 saturated heterocycles. The summed E-state index contributed by atoms with van der Waals surface area (Å²) in [6, 6.07) is 0. The molecule has 0 aliphatic rings.